The van der Waals surface area contributed by atoms with E-state index in [-0.39, 0.29) is 36.3 Å². The zero-order valence-corrected chi connectivity index (χ0v) is 29.1. The Morgan fingerprint density at radius 2 is 1.44 bits per heavy atom. The molecule has 2 saturated heterocycles. The number of fused-ring (bicyclic) bond motifs is 1. The van der Waals surface area contributed by atoms with Gasteiger partial charge in [-0.3, -0.25) is 28.0 Å². The molecule has 21 nitrogen and oxygen atoms in total. The van der Waals surface area contributed by atoms with Crippen LogP contribution in [-0.2, 0) is 45.8 Å². The van der Waals surface area contributed by atoms with Crippen LogP contribution < -0.4 is 22.7 Å². The third-order valence-corrected chi connectivity index (χ3v) is 9.74. The molecule has 3 aromatic heterocycles. The van der Waals surface area contributed by atoms with Crippen LogP contribution in [0.4, 0.5) is 11.9 Å². The van der Waals surface area contributed by atoms with E-state index in [1.54, 1.807) is 30.3 Å². The molecule has 22 heteroatoms. The van der Waals surface area contributed by atoms with Gasteiger partial charge in [-0.2, -0.15) is 9.97 Å². The van der Waals surface area contributed by atoms with Crippen molar-refractivity contribution in [3.63, 3.8) is 0 Å². The van der Waals surface area contributed by atoms with Crippen molar-refractivity contribution in [2.75, 3.05) is 24.7 Å². The number of anilines is 2. The van der Waals surface area contributed by atoms with Gasteiger partial charge in [0, 0.05) is 0 Å². The monoisotopic (exact) mass is 769 g/mol. The summed E-state index contributed by atoms with van der Waals surface area (Å²) in [7, 11) is -5.09. The van der Waals surface area contributed by atoms with E-state index in [1.165, 1.54) is 10.9 Å². The number of rotatable bonds is 14. The Morgan fingerprint density at radius 1 is 0.833 bits per heavy atom. The van der Waals surface area contributed by atoms with E-state index in [0.29, 0.717) is 5.56 Å². The van der Waals surface area contributed by atoms with Gasteiger partial charge in [0.25, 0.3) is 5.56 Å². The second-order valence-electron chi connectivity index (χ2n) is 12.3. The molecule has 2 fully saturated rings. The van der Waals surface area contributed by atoms with Gasteiger partial charge in [0.05, 0.1) is 32.8 Å². The van der Waals surface area contributed by atoms with Gasteiger partial charge in [-0.25, -0.2) is 19.3 Å². The Morgan fingerprint density at radius 3 is 2.09 bits per heavy atom. The first kappa shape index (κ1) is 37.4. The van der Waals surface area contributed by atoms with Gasteiger partial charge in [0.2, 0.25) is 11.9 Å². The fourth-order valence-corrected chi connectivity index (χ4v) is 7.15. The largest absolute Gasteiger partial charge is 0.472 e. The second-order valence-corrected chi connectivity index (χ2v) is 13.7. The summed E-state index contributed by atoms with van der Waals surface area (Å²) in [5.41, 5.74) is 11.4. The number of benzene rings is 2. The summed E-state index contributed by atoms with van der Waals surface area (Å²) in [5, 5.41) is 21.7. The van der Waals surface area contributed by atoms with Crippen molar-refractivity contribution in [3.05, 3.63) is 105 Å². The summed E-state index contributed by atoms with van der Waals surface area (Å²) in [6.07, 6.45) is -8.11. The van der Waals surface area contributed by atoms with Gasteiger partial charge in [0.15, 0.2) is 23.6 Å². The minimum Gasteiger partial charge on any atom is -0.394 e. The van der Waals surface area contributed by atoms with Crippen LogP contribution in [0.3, 0.4) is 0 Å². The number of nitrogen functional groups attached to an aromatic ring is 2. The summed E-state index contributed by atoms with van der Waals surface area (Å²) in [6, 6.07) is 18.0. The van der Waals surface area contributed by atoms with E-state index in [2.05, 4.69) is 24.9 Å². The number of phosphoric acid groups is 1. The number of aliphatic hydroxyl groups is 2. The molecular weight excluding hydrogens is 733 g/mol. The highest BCUT2D eigenvalue weighted by molar-refractivity contribution is 7.47. The lowest BCUT2D eigenvalue weighted by atomic mass is 10.1. The fourth-order valence-electron chi connectivity index (χ4n) is 6.19. The van der Waals surface area contributed by atoms with E-state index >= 15 is 0 Å². The molecule has 5 aromatic rings. The average Bonchev–Trinajstić information content (AvgIpc) is 3.82. The van der Waals surface area contributed by atoms with Crippen LogP contribution in [0.5, 0.6) is 0 Å². The predicted octanol–water partition coefficient (Wildman–Crippen LogP) is -0.243. The van der Waals surface area contributed by atoms with Gasteiger partial charge in [0.1, 0.15) is 43.0 Å². The van der Waals surface area contributed by atoms with E-state index in [9.17, 15) is 29.3 Å². The molecule has 2 aliphatic heterocycles. The van der Waals surface area contributed by atoms with E-state index in [4.69, 9.17) is 39.5 Å². The number of nitrogens with zero attached hydrogens (tertiary/aromatic N) is 6. The predicted molar refractivity (Wildman–Crippen MR) is 185 cm³/mol. The first-order valence-corrected chi connectivity index (χ1v) is 18.0. The van der Waals surface area contributed by atoms with Gasteiger partial charge in [-0.05, 0) is 11.1 Å². The third-order valence-electron chi connectivity index (χ3n) is 8.75. The van der Waals surface area contributed by atoms with Gasteiger partial charge < -0.3 is 45.5 Å². The Labute approximate surface area is 304 Å². The molecule has 9 atom stereocenters. The summed E-state index contributed by atoms with van der Waals surface area (Å²) >= 11 is 0. The molecule has 0 saturated carbocycles. The van der Waals surface area contributed by atoms with Crippen molar-refractivity contribution < 1.29 is 47.7 Å². The number of aromatic nitrogens is 7. The SMILES string of the molecule is Nc1ncn(C2OC(CO)C(OP(=O)(O)OCC3OC(n4cnc5c(=O)[nH]c(N)nc54)C(OCc4ccccc4)C3O)C2OCc2ccccc2)c(=O)n1. The first-order valence-electron chi connectivity index (χ1n) is 16.5. The number of nitrogens with one attached hydrogen (secondary N) is 1. The van der Waals surface area contributed by atoms with Crippen molar-refractivity contribution in [1.82, 2.24) is 34.1 Å². The van der Waals surface area contributed by atoms with Crippen LogP contribution in [0.15, 0.2) is 82.9 Å². The van der Waals surface area contributed by atoms with Crippen molar-refractivity contribution in [2.45, 2.75) is 62.3 Å². The van der Waals surface area contributed by atoms with Gasteiger partial charge in [-0.1, -0.05) is 60.7 Å². The molecule has 5 heterocycles. The van der Waals surface area contributed by atoms with Crippen molar-refractivity contribution in [1.29, 1.82) is 0 Å². The summed E-state index contributed by atoms with van der Waals surface area (Å²) < 4.78 is 51.0. The molecule has 0 spiro atoms. The molecule has 0 bridgehead atoms. The Hall–Kier alpha value is -4.93. The molecule has 7 rings (SSSR count). The number of nitrogens with two attached hydrogens (primary N) is 2. The van der Waals surface area contributed by atoms with Gasteiger partial charge in [-0.15, -0.1) is 0 Å². The van der Waals surface area contributed by atoms with Crippen LogP contribution in [0.25, 0.3) is 11.2 Å². The molecule has 286 valence electrons. The maximum absolute atomic E-state index is 13.6. The highest BCUT2D eigenvalue weighted by atomic mass is 31.2. The zero-order valence-electron chi connectivity index (χ0n) is 28.2. The molecule has 9 unspecified atom stereocenters. The molecule has 54 heavy (non-hydrogen) atoms. The number of aromatic amines is 1. The van der Waals surface area contributed by atoms with Crippen LogP contribution >= 0.6 is 7.82 Å². The maximum atomic E-state index is 13.6. The average molecular weight is 770 g/mol. The quantitative estimate of drug-likeness (QED) is 0.0794. The van der Waals surface area contributed by atoms with Crippen LogP contribution in [0, 0.1) is 0 Å². The first-order chi connectivity index (χ1) is 26.0. The topological polar surface area (TPSA) is 297 Å². The number of hydrogen-bond donors (Lipinski definition) is 6. The lowest BCUT2D eigenvalue weighted by Crippen LogP contribution is -2.40. The normalized spacial score (nSPS) is 26.6. The number of H-pyrrole nitrogens is 1. The van der Waals surface area contributed by atoms with Crippen LogP contribution in [-0.4, -0.2) is 99.0 Å². The summed E-state index contributed by atoms with van der Waals surface area (Å²) in [6.45, 7) is -1.43. The lowest BCUT2D eigenvalue weighted by molar-refractivity contribution is -0.0815. The van der Waals surface area contributed by atoms with Crippen LogP contribution in [0.2, 0.25) is 0 Å². The fraction of sp³-hybridized carbons (Fsp3) is 0.375. The molecule has 0 amide bonds. The molecule has 2 aromatic carbocycles. The standard InChI is InChI=1S/C32H36N9O12P/c33-30-36-16-41(32(45)39-30)29-25(49-13-18-9-5-2-6-10-18)23(19(11-42)51-29)53-54(46,47)50-14-20-22(43)24(48-12-17-7-3-1-4-8-17)28(52-20)40-15-35-21-26(40)37-31(34)38-27(21)44/h1-10,15-16,19-20,22-25,28-29,42-43H,11-14H2,(H,46,47)(H2,33,39,45)(H3,34,37,38,44). The molecule has 8 N–H and O–H groups in total. The van der Waals surface area contributed by atoms with E-state index < -0.39 is 81.4 Å². The highest BCUT2D eigenvalue weighted by Gasteiger charge is 2.52. The Bertz CT molecular complexity index is 2230. The molecule has 0 aliphatic carbocycles. The van der Waals surface area contributed by atoms with Crippen molar-refractivity contribution in [2.24, 2.45) is 0 Å². The van der Waals surface area contributed by atoms with Crippen LogP contribution in [0.1, 0.15) is 23.6 Å². The third kappa shape index (κ3) is 7.95. The Balaban J connectivity index is 1.11. The number of ether oxygens (including phenoxy) is 4. The van der Waals surface area contributed by atoms with E-state index in [0.717, 1.165) is 16.5 Å². The molecule has 0 radical (unpaired) electrons. The number of imidazole rings is 1. The molecule has 2 aliphatic rings. The molecular formula is C32H36N9O12P. The van der Waals surface area contributed by atoms with Gasteiger partial charge >= 0.3 is 13.5 Å². The van der Waals surface area contributed by atoms with Crippen molar-refractivity contribution in [3.8, 4) is 0 Å². The zero-order chi connectivity index (χ0) is 38.0. The number of aliphatic hydroxyl groups excluding tert-OH is 2. The highest BCUT2D eigenvalue weighted by Crippen LogP contribution is 2.50. The summed E-state index contributed by atoms with van der Waals surface area (Å²) in [4.78, 5) is 54.4. The van der Waals surface area contributed by atoms with E-state index in [1.807, 2.05) is 30.3 Å². The smallest absolute Gasteiger partial charge is 0.394 e. The summed E-state index contributed by atoms with van der Waals surface area (Å²) in [5.74, 6) is -0.482. The maximum Gasteiger partial charge on any atom is 0.472 e. The second kappa shape index (κ2) is 15.8. The Kier molecular flexibility index (Phi) is 10.9. The number of hydrogen-bond acceptors (Lipinski definition) is 17. The lowest BCUT2D eigenvalue weighted by Gasteiger charge is -2.26. The minimum absolute atomic E-state index is 0.0393. The number of phosphoric ester groups is 1. The van der Waals surface area contributed by atoms with Crippen molar-refractivity contribution >= 4 is 30.9 Å². The minimum atomic E-state index is -5.09.